The van der Waals surface area contributed by atoms with Gasteiger partial charge in [-0.05, 0) is 36.9 Å². The lowest BCUT2D eigenvalue weighted by atomic mass is 10.0. The van der Waals surface area contributed by atoms with E-state index in [9.17, 15) is 13.2 Å². The van der Waals surface area contributed by atoms with Gasteiger partial charge in [-0.15, -0.1) is 0 Å². The molecule has 1 fully saturated rings. The Morgan fingerprint density at radius 3 is 2.29 bits per heavy atom. The molecule has 1 unspecified atom stereocenters. The van der Waals surface area contributed by atoms with Crippen molar-refractivity contribution in [1.82, 2.24) is 15.1 Å². The number of nitrogens with zero attached hydrogens (tertiary/aromatic N) is 2. The SMILES string of the molecule is COCCS(=O)(=O)c1ccc(C(=O)NC(CN2CCN(C)CC2)c2ccccc2)cc1. The topological polar surface area (TPSA) is 78.9 Å². The predicted molar refractivity (Wildman–Crippen MR) is 121 cm³/mol. The first kappa shape index (κ1) is 23.4. The van der Waals surface area contributed by atoms with Crippen LogP contribution in [0, 0.1) is 0 Å². The smallest absolute Gasteiger partial charge is 0.251 e. The van der Waals surface area contributed by atoms with Crippen LogP contribution in [0.2, 0.25) is 0 Å². The molecule has 1 amide bonds. The number of sulfone groups is 1. The van der Waals surface area contributed by atoms with E-state index in [1.165, 1.54) is 19.2 Å². The van der Waals surface area contributed by atoms with Gasteiger partial charge in [-0.2, -0.15) is 0 Å². The fraction of sp³-hybridized carbons (Fsp3) is 0.435. The summed E-state index contributed by atoms with van der Waals surface area (Å²) < 4.78 is 29.4. The van der Waals surface area contributed by atoms with Crippen LogP contribution in [-0.2, 0) is 14.6 Å². The molecule has 0 bridgehead atoms. The monoisotopic (exact) mass is 445 g/mol. The molecular weight excluding hydrogens is 414 g/mol. The number of carbonyl (C=O) groups excluding carboxylic acids is 1. The lowest BCUT2D eigenvalue weighted by molar-refractivity contribution is 0.0907. The normalized spacial score (nSPS) is 16.7. The van der Waals surface area contributed by atoms with Gasteiger partial charge in [0, 0.05) is 45.4 Å². The van der Waals surface area contributed by atoms with Gasteiger partial charge >= 0.3 is 0 Å². The quantitative estimate of drug-likeness (QED) is 0.634. The van der Waals surface area contributed by atoms with E-state index < -0.39 is 9.84 Å². The van der Waals surface area contributed by atoms with Crippen LogP contribution in [0.25, 0.3) is 0 Å². The van der Waals surface area contributed by atoms with Crippen LogP contribution < -0.4 is 5.32 Å². The highest BCUT2D eigenvalue weighted by Crippen LogP contribution is 2.18. The summed E-state index contributed by atoms with van der Waals surface area (Å²) in [5.74, 6) is -0.306. The number of ether oxygens (including phenoxy) is 1. The van der Waals surface area contributed by atoms with E-state index in [0.717, 1.165) is 38.3 Å². The summed E-state index contributed by atoms with van der Waals surface area (Å²) in [6, 6.07) is 15.9. The van der Waals surface area contributed by atoms with Crippen molar-refractivity contribution in [2.24, 2.45) is 0 Å². The van der Waals surface area contributed by atoms with E-state index in [1.54, 1.807) is 12.1 Å². The van der Waals surface area contributed by atoms with Crippen LogP contribution >= 0.6 is 0 Å². The Morgan fingerprint density at radius 1 is 1.03 bits per heavy atom. The van der Waals surface area contributed by atoms with Gasteiger partial charge in [-0.1, -0.05) is 30.3 Å². The van der Waals surface area contributed by atoms with E-state index >= 15 is 0 Å². The molecule has 1 aliphatic heterocycles. The number of rotatable bonds is 9. The summed E-state index contributed by atoms with van der Waals surface area (Å²) >= 11 is 0. The maximum Gasteiger partial charge on any atom is 0.251 e. The van der Waals surface area contributed by atoms with Gasteiger partial charge < -0.3 is 15.0 Å². The molecule has 0 aliphatic carbocycles. The fourth-order valence-electron chi connectivity index (χ4n) is 3.57. The Labute approximate surface area is 184 Å². The lowest BCUT2D eigenvalue weighted by Gasteiger charge is -2.35. The molecule has 1 aliphatic rings. The standard InChI is InChI=1S/C23H31N3O4S/c1-25-12-14-26(15-13-25)18-22(19-6-4-3-5-7-19)24-23(27)20-8-10-21(11-9-20)31(28,29)17-16-30-2/h3-11,22H,12-18H2,1-2H3,(H,24,27). The van der Waals surface area contributed by atoms with Crippen LogP contribution in [0.5, 0.6) is 0 Å². The summed E-state index contributed by atoms with van der Waals surface area (Å²) in [6.45, 7) is 4.80. The summed E-state index contributed by atoms with van der Waals surface area (Å²) in [4.78, 5) is 17.8. The molecule has 0 aromatic heterocycles. The summed E-state index contributed by atoms with van der Waals surface area (Å²) in [5.41, 5.74) is 1.48. The van der Waals surface area contributed by atoms with E-state index in [2.05, 4.69) is 22.2 Å². The number of likely N-dealkylation sites (N-methyl/N-ethyl adjacent to an activating group) is 1. The molecule has 8 heteroatoms. The van der Waals surface area contributed by atoms with Gasteiger partial charge in [0.1, 0.15) is 0 Å². The first-order valence-electron chi connectivity index (χ1n) is 10.5. The number of piperazine rings is 1. The number of methoxy groups -OCH3 is 1. The van der Waals surface area contributed by atoms with Crippen molar-refractivity contribution in [3.05, 3.63) is 65.7 Å². The average Bonchev–Trinajstić information content (AvgIpc) is 2.79. The van der Waals surface area contributed by atoms with E-state index in [0.29, 0.717) is 5.56 Å². The van der Waals surface area contributed by atoms with Crippen LogP contribution in [0.3, 0.4) is 0 Å². The molecule has 0 radical (unpaired) electrons. The zero-order chi connectivity index (χ0) is 22.3. The molecule has 1 atom stereocenters. The molecule has 1 saturated heterocycles. The van der Waals surface area contributed by atoms with Crippen molar-refractivity contribution in [2.45, 2.75) is 10.9 Å². The maximum atomic E-state index is 12.9. The number of carbonyl (C=O) groups is 1. The third kappa shape index (κ3) is 6.61. The first-order chi connectivity index (χ1) is 14.9. The zero-order valence-corrected chi connectivity index (χ0v) is 19.0. The number of hydrogen-bond donors (Lipinski definition) is 1. The van der Waals surface area contributed by atoms with Crippen molar-refractivity contribution in [3.8, 4) is 0 Å². The summed E-state index contributed by atoms with van der Waals surface area (Å²) in [6.07, 6.45) is 0. The molecule has 31 heavy (non-hydrogen) atoms. The van der Waals surface area contributed by atoms with E-state index in [4.69, 9.17) is 4.74 Å². The minimum absolute atomic E-state index is 0.0872. The van der Waals surface area contributed by atoms with Crippen molar-refractivity contribution in [2.75, 3.05) is 59.2 Å². The van der Waals surface area contributed by atoms with Gasteiger partial charge in [0.15, 0.2) is 9.84 Å². The Kier molecular flexibility index (Phi) is 8.20. The third-order valence-electron chi connectivity index (χ3n) is 5.58. The summed E-state index contributed by atoms with van der Waals surface area (Å²) in [5, 5.41) is 3.14. The highest BCUT2D eigenvalue weighted by atomic mass is 32.2. The Balaban J connectivity index is 1.71. The van der Waals surface area contributed by atoms with Crippen LogP contribution in [0.4, 0.5) is 0 Å². The Hall–Kier alpha value is -2.26. The predicted octanol–water partition coefficient (Wildman–Crippen LogP) is 1.83. The molecule has 2 aromatic carbocycles. The van der Waals surface area contributed by atoms with E-state index in [-0.39, 0.29) is 29.2 Å². The van der Waals surface area contributed by atoms with Gasteiger partial charge in [-0.25, -0.2) is 8.42 Å². The zero-order valence-electron chi connectivity index (χ0n) is 18.2. The lowest BCUT2D eigenvalue weighted by Crippen LogP contribution is -2.47. The van der Waals surface area contributed by atoms with Crippen molar-refractivity contribution >= 4 is 15.7 Å². The van der Waals surface area contributed by atoms with Crippen molar-refractivity contribution < 1.29 is 17.9 Å². The molecule has 3 rings (SSSR count). The molecule has 0 spiro atoms. The largest absolute Gasteiger partial charge is 0.384 e. The molecule has 7 nitrogen and oxygen atoms in total. The van der Waals surface area contributed by atoms with Crippen LogP contribution in [0.1, 0.15) is 22.0 Å². The third-order valence-corrected chi connectivity index (χ3v) is 7.27. The maximum absolute atomic E-state index is 12.9. The molecule has 168 valence electrons. The molecule has 0 saturated carbocycles. The second-order valence-corrected chi connectivity index (χ2v) is 9.99. The first-order valence-corrected chi connectivity index (χ1v) is 12.1. The second kappa shape index (κ2) is 10.9. The summed E-state index contributed by atoms with van der Waals surface area (Å²) in [7, 11) is 0.163. The van der Waals surface area contributed by atoms with Gasteiger partial charge in [0.05, 0.1) is 23.3 Å². The highest BCUT2D eigenvalue weighted by molar-refractivity contribution is 7.91. The number of nitrogens with one attached hydrogen (secondary N) is 1. The van der Waals surface area contributed by atoms with Crippen LogP contribution in [0.15, 0.2) is 59.5 Å². The molecular formula is C23H31N3O4S. The average molecular weight is 446 g/mol. The molecule has 1 heterocycles. The van der Waals surface area contributed by atoms with Crippen LogP contribution in [-0.4, -0.2) is 83.4 Å². The fourth-order valence-corrected chi connectivity index (χ4v) is 4.75. The van der Waals surface area contributed by atoms with Crippen molar-refractivity contribution in [1.29, 1.82) is 0 Å². The molecule has 1 N–H and O–H groups in total. The van der Waals surface area contributed by atoms with E-state index in [1.807, 2.05) is 30.3 Å². The number of hydrogen-bond acceptors (Lipinski definition) is 6. The minimum Gasteiger partial charge on any atom is -0.384 e. The Bertz CT molecular complexity index is 941. The molecule has 2 aromatic rings. The van der Waals surface area contributed by atoms with Gasteiger partial charge in [0.25, 0.3) is 5.91 Å². The number of benzene rings is 2. The minimum atomic E-state index is -3.42. The van der Waals surface area contributed by atoms with Gasteiger partial charge in [-0.3, -0.25) is 9.69 Å². The second-order valence-electron chi connectivity index (χ2n) is 7.88. The highest BCUT2D eigenvalue weighted by Gasteiger charge is 2.22. The van der Waals surface area contributed by atoms with Crippen molar-refractivity contribution in [3.63, 3.8) is 0 Å². The number of amides is 1. The van der Waals surface area contributed by atoms with Gasteiger partial charge in [0.2, 0.25) is 0 Å². The Morgan fingerprint density at radius 2 is 1.68 bits per heavy atom.